The molecular weight excluding hydrogens is 200 g/mol. The van der Waals surface area contributed by atoms with Crippen LogP contribution in [-0.4, -0.2) is 38.5 Å². The molecule has 16 heavy (non-hydrogen) atoms. The second-order valence-corrected chi connectivity index (χ2v) is 4.12. The molecule has 1 fully saturated rings. The topological polar surface area (TPSA) is 24.8 Å². The third-order valence-electron chi connectivity index (χ3n) is 3.18. The summed E-state index contributed by atoms with van der Waals surface area (Å²) in [5.74, 6) is 2.51. The van der Waals surface area contributed by atoms with Crippen molar-refractivity contribution in [2.45, 2.75) is 12.3 Å². The van der Waals surface area contributed by atoms with E-state index in [4.69, 9.17) is 4.74 Å². The molecule has 3 nitrogen and oxygen atoms in total. The first-order valence-electron chi connectivity index (χ1n) is 5.58. The molecule has 0 N–H and O–H groups in total. The Kier molecular flexibility index (Phi) is 3.13. The molecule has 3 heteroatoms. The van der Waals surface area contributed by atoms with E-state index < -0.39 is 0 Å². The monoisotopic (exact) mass is 218 g/mol. The quantitative estimate of drug-likeness (QED) is 0.759. The van der Waals surface area contributed by atoms with Crippen LogP contribution in [0.5, 0.6) is 5.75 Å². The summed E-state index contributed by atoms with van der Waals surface area (Å²) in [5.41, 5.74) is 1.30. The second kappa shape index (κ2) is 4.56. The van der Waals surface area contributed by atoms with Gasteiger partial charge in [-0.1, -0.05) is 12.1 Å². The van der Waals surface area contributed by atoms with Crippen molar-refractivity contribution in [1.82, 2.24) is 4.90 Å². The largest absolute Gasteiger partial charge is 0.497 e. The second-order valence-electron chi connectivity index (χ2n) is 4.12. The fourth-order valence-corrected chi connectivity index (χ4v) is 2.33. The third-order valence-corrected chi connectivity index (χ3v) is 3.18. The normalized spacial score (nSPS) is 22.8. The van der Waals surface area contributed by atoms with Crippen LogP contribution in [0.25, 0.3) is 0 Å². The van der Waals surface area contributed by atoms with Crippen LogP contribution in [0.4, 0.5) is 0 Å². The highest BCUT2D eigenvalue weighted by Crippen LogP contribution is 2.30. The Hall–Kier alpha value is -1.51. The molecule has 1 aromatic rings. The summed E-state index contributed by atoms with van der Waals surface area (Å²) in [5, 5.41) is 0. The molecule has 0 aromatic heterocycles. The Balaban J connectivity index is 2.30. The van der Waals surface area contributed by atoms with E-state index in [9.17, 15) is 0 Å². The van der Waals surface area contributed by atoms with Crippen molar-refractivity contribution in [3.05, 3.63) is 29.8 Å². The number of likely N-dealkylation sites (N-methyl/N-ethyl adjacent to an activating group) is 1. The Morgan fingerprint density at radius 1 is 1.44 bits per heavy atom. The Morgan fingerprint density at radius 2 is 2.25 bits per heavy atom. The van der Waals surface area contributed by atoms with E-state index in [1.807, 2.05) is 19.2 Å². The van der Waals surface area contributed by atoms with E-state index in [1.165, 1.54) is 11.4 Å². The molecule has 0 bridgehead atoms. The zero-order valence-electron chi connectivity index (χ0n) is 10.1. The molecule has 1 saturated heterocycles. The van der Waals surface area contributed by atoms with Crippen LogP contribution in [-0.2, 0) is 0 Å². The van der Waals surface area contributed by atoms with Gasteiger partial charge in [-0.2, -0.15) is 0 Å². The molecule has 1 atom stereocenters. The summed E-state index contributed by atoms with van der Waals surface area (Å²) in [6.07, 6.45) is 1.14. The van der Waals surface area contributed by atoms with Gasteiger partial charge in [-0.3, -0.25) is 4.99 Å². The van der Waals surface area contributed by atoms with Gasteiger partial charge in [-0.15, -0.1) is 0 Å². The lowest BCUT2D eigenvalue weighted by molar-refractivity contribution is 0.414. The SMILES string of the molecule is CN=C1[C@H](c2cccc(OC)c2)CCN1C. The Bertz CT molecular complexity index is 401. The molecule has 1 aliphatic heterocycles. The van der Waals surface area contributed by atoms with Crippen molar-refractivity contribution < 1.29 is 4.74 Å². The Labute approximate surface area is 96.7 Å². The maximum absolute atomic E-state index is 5.26. The highest BCUT2D eigenvalue weighted by Gasteiger charge is 2.27. The van der Waals surface area contributed by atoms with Crippen LogP contribution >= 0.6 is 0 Å². The molecule has 0 aliphatic carbocycles. The standard InChI is InChI=1S/C13H18N2O/c1-14-13-12(7-8-15(13)2)10-5-4-6-11(9-10)16-3/h4-6,9,12H,7-8H2,1-3H3/t12-/m0/s1. The minimum atomic E-state index is 0.421. The Morgan fingerprint density at radius 3 is 2.94 bits per heavy atom. The molecule has 0 saturated carbocycles. The van der Waals surface area contributed by atoms with Crippen LogP contribution in [0.1, 0.15) is 17.9 Å². The molecule has 1 heterocycles. The first-order valence-corrected chi connectivity index (χ1v) is 5.58. The third kappa shape index (κ3) is 1.90. The molecule has 0 spiro atoms. The molecule has 1 aliphatic rings. The van der Waals surface area contributed by atoms with Gasteiger partial charge in [0.15, 0.2) is 0 Å². The lowest BCUT2D eigenvalue weighted by Crippen LogP contribution is -2.22. The van der Waals surface area contributed by atoms with Crippen molar-refractivity contribution in [2.75, 3.05) is 27.7 Å². The number of hydrogen-bond donors (Lipinski definition) is 0. The average Bonchev–Trinajstić information content (AvgIpc) is 2.70. The molecule has 0 amide bonds. The predicted molar refractivity (Wildman–Crippen MR) is 66.3 cm³/mol. The van der Waals surface area contributed by atoms with E-state index in [1.54, 1.807) is 7.11 Å². The van der Waals surface area contributed by atoms with E-state index in [-0.39, 0.29) is 0 Å². The first-order chi connectivity index (χ1) is 7.76. The summed E-state index contributed by atoms with van der Waals surface area (Å²) in [6, 6.07) is 8.28. The minimum Gasteiger partial charge on any atom is -0.497 e. The maximum atomic E-state index is 5.26. The summed E-state index contributed by atoms with van der Waals surface area (Å²) in [4.78, 5) is 6.61. The maximum Gasteiger partial charge on any atom is 0.119 e. The number of likely N-dealkylation sites (tertiary alicyclic amines) is 1. The molecule has 2 rings (SSSR count). The average molecular weight is 218 g/mol. The van der Waals surface area contributed by atoms with E-state index in [0.29, 0.717) is 5.92 Å². The number of rotatable bonds is 2. The van der Waals surface area contributed by atoms with Gasteiger partial charge >= 0.3 is 0 Å². The van der Waals surface area contributed by atoms with Gasteiger partial charge in [-0.05, 0) is 24.1 Å². The molecule has 1 aromatic carbocycles. The molecule has 0 radical (unpaired) electrons. The van der Waals surface area contributed by atoms with Crippen molar-refractivity contribution in [2.24, 2.45) is 4.99 Å². The number of nitrogens with zero attached hydrogens (tertiary/aromatic N) is 2. The summed E-state index contributed by atoms with van der Waals surface area (Å²) in [6.45, 7) is 1.08. The number of hydrogen-bond acceptors (Lipinski definition) is 2. The number of aliphatic imine (C=N–C) groups is 1. The van der Waals surface area contributed by atoms with Gasteiger partial charge < -0.3 is 9.64 Å². The molecule has 0 unspecified atom stereocenters. The zero-order valence-corrected chi connectivity index (χ0v) is 10.1. The minimum absolute atomic E-state index is 0.421. The lowest BCUT2D eigenvalue weighted by atomic mass is 9.97. The molecular formula is C13H18N2O. The fraction of sp³-hybridized carbons (Fsp3) is 0.462. The van der Waals surface area contributed by atoms with Gasteiger partial charge in [0.2, 0.25) is 0 Å². The van der Waals surface area contributed by atoms with Crippen molar-refractivity contribution in [3.8, 4) is 5.75 Å². The van der Waals surface area contributed by atoms with Crippen molar-refractivity contribution in [3.63, 3.8) is 0 Å². The molecule has 86 valence electrons. The van der Waals surface area contributed by atoms with Crippen molar-refractivity contribution >= 4 is 5.84 Å². The highest BCUT2D eigenvalue weighted by atomic mass is 16.5. The van der Waals surface area contributed by atoms with Crippen LogP contribution in [0.3, 0.4) is 0 Å². The van der Waals surface area contributed by atoms with Crippen molar-refractivity contribution in [1.29, 1.82) is 0 Å². The van der Waals surface area contributed by atoms with Gasteiger partial charge in [0.25, 0.3) is 0 Å². The number of amidine groups is 1. The first kappa shape index (κ1) is 11.0. The lowest BCUT2D eigenvalue weighted by Gasteiger charge is -2.16. The van der Waals surface area contributed by atoms with Crippen LogP contribution in [0, 0.1) is 0 Å². The van der Waals surface area contributed by atoms with Crippen LogP contribution in [0.2, 0.25) is 0 Å². The highest BCUT2D eigenvalue weighted by molar-refractivity contribution is 5.90. The number of ether oxygens (including phenoxy) is 1. The van der Waals surface area contributed by atoms with E-state index in [0.717, 1.165) is 18.7 Å². The number of methoxy groups -OCH3 is 1. The smallest absolute Gasteiger partial charge is 0.119 e. The van der Waals surface area contributed by atoms with E-state index in [2.05, 4.69) is 29.1 Å². The summed E-state index contributed by atoms with van der Waals surface area (Å²) >= 11 is 0. The van der Waals surface area contributed by atoms with Crippen LogP contribution in [0.15, 0.2) is 29.3 Å². The summed E-state index contributed by atoms with van der Waals surface area (Å²) in [7, 11) is 5.67. The van der Waals surface area contributed by atoms with Gasteiger partial charge in [0.1, 0.15) is 11.6 Å². The summed E-state index contributed by atoms with van der Waals surface area (Å²) < 4.78 is 5.26. The fourth-order valence-electron chi connectivity index (χ4n) is 2.33. The number of benzene rings is 1. The van der Waals surface area contributed by atoms with Gasteiger partial charge in [-0.25, -0.2) is 0 Å². The van der Waals surface area contributed by atoms with Gasteiger partial charge in [0, 0.05) is 26.6 Å². The van der Waals surface area contributed by atoms with E-state index >= 15 is 0 Å². The predicted octanol–water partition coefficient (Wildman–Crippen LogP) is 2.14. The zero-order chi connectivity index (χ0) is 11.5. The van der Waals surface area contributed by atoms with Gasteiger partial charge in [0.05, 0.1) is 7.11 Å². The van der Waals surface area contributed by atoms with Crippen LogP contribution < -0.4 is 4.74 Å².